The summed E-state index contributed by atoms with van der Waals surface area (Å²) in [6.45, 7) is 7.39. The van der Waals surface area contributed by atoms with Crippen molar-refractivity contribution in [2.75, 3.05) is 18.4 Å². The second kappa shape index (κ2) is 6.54. The van der Waals surface area contributed by atoms with Gasteiger partial charge in [0.2, 0.25) is 15.9 Å². The van der Waals surface area contributed by atoms with Crippen LogP contribution in [0.3, 0.4) is 0 Å². The van der Waals surface area contributed by atoms with Crippen molar-refractivity contribution in [2.24, 2.45) is 22.2 Å². The zero-order chi connectivity index (χ0) is 22.2. The van der Waals surface area contributed by atoms with Crippen molar-refractivity contribution in [3.8, 4) is 0 Å². The smallest absolute Gasteiger partial charge is 0.244 e. The van der Waals surface area contributed by atoms with Crippen LogP contribution < -0.4 is 10.0 Å². The number of Topliss-reactive ketones (excluding diaryl/α,β-unsaturated/α-hetero) is 1. The van der Waals surface area contributed by atoms with Gasteiger partial charge in [0.05, 0.1) is 17.3 Å². The van der Waals surface area contributed by atoms with Crippen molar-refractivity contribution in [2.45, 2.75) is 63.9 Å². The molecule has 3 unspecified atom stereocenters. The zero-order valence-corrected chi connectivity index (χ0v) is 19.2. The lowest BCUT2D eigenvalue weighted by Gasteiger charge is -2.44. The number of hydrogen-bond acceptors (Lipinski definition) is 5. The minimum atomic E-state index is -3.55. The molecule has 8 heteroatoms. The predicted molar refractivity (Wildman–Crippen MR) is 117 cm³/mol. The van der Waals surface area contributed by atoms with Crippen LogP contribution in [-0.4, -0.2) is 44.3 Å². The third-order valence-corrected chi connectivity index (χ3v) is 10.7. The summed E-state index contributed by atoms with van der Waals surface area (Å²) in [6.07, 6.45) is 2.98. The normalized spacial score (nSPS) is 36.2. The van der Waals surface area contributed by atoms with Gasteiger partial charge in [-0.05, 0) is 49.1 Å². The Labute approximate surface area is 184 Å². The Balaban J connectivity index is 1.30. The van der Waals surface area contributed by atoms with Crippen LogP contribution in [0.4, 0.5) is 5.69 Å². The maximum absolute atomic E-state index is 13.7. The molecule has 2 heterocycles. The molecule has 0 radical (unpaired) electrons. The summed E-state index contributed by atoms with van der Waals surface area (Å²) in [5, 5.41) is 3.33. The average molecular weight is 446 g/mol. The Morgan fingerprint density at radius 1 is 1.10 bits per heavy atom. The van der Waals surface area contributed by atoms with Gasteiger partial charge < -0.3 is 10.2 Å². The van der Waals surface area contributed by atoms with E-state index < -0.39 is 20.9 Å². The molecule has 31 heavy (non-hydrogen) atoms. The van der Waals surface area contributed by atoms with Crippen LogP contribution in [0, 0.1) is 22.2 Å². The summed E-state index contributed by atoms with van der Waals surface area (Å²) in [7, 11) is -3.55. The van der Waals surface area contributed by atoms with Gasteiger partial charge in [-0.1, -0.05) is 32.9 Å². The number of nitrogens with zero attached hydrogens (tertiary/aromatic N) is 1. The van der Waals surface area contributed by atoms with Crippen LogP contribution in [0.5, 0.6) is 0 Å². The van der Waals surface area contributed by atoms with Crippen LogP contribution in [-0.2, 0) is 19.6 Å². The second-order valence-electron chi connectivity index (χ2n) is 10.5. The number of likely N-dealkylation sites (tertiary alicyclic amines) is 1. The van der Waals surface area contributed by atoms with Crippen LogP contribution in [0.1, 0.15) is 52.9 Å². The molecular formula is C23H31N3O4S. The standard InChI is InChI=1S/C23H31N3O4S/c1-21(2)22(3)10-11-23(21,14-18(22)27)20(28)26-12-8-15(9-13-26)19-24-16-6-4-5-7-17(16)31(29,30)25-19/h4-7,15,19,24-25H,8-14H2,1-3H3. The molecule has 0 aromatic heterocycles. The van der Waals surface area contributed by atoms with E-state index in [1.54, 1.807) is 18.2 Å². The summed E-state index contributed by atoms with van der Waals surface area (Å²) in [5.41, 5.74) is -0.705. The van der Waals surface area contributed by atoms with Crippen molar-refractivity contribution < 1.29 is 18.0 Å². The molecule has 1 aromatic carbocycles. The lowest BCUT2D eigenvalue weighted by Crippen LogP contribution is -2.55. The van der Waals surface area contributed by atoms with Crippen molar-refractivity contribution in [3.05, 3.63) is 24.3 Å². The molecule has 1 amide bonds. The molecule has 1 aromatic rings. The number of hydrogen-bond donors (Lipinski definition) is 2. The number of carbonyl (C=O) groups is 2. The van der Waals surface area contributed by atoms with Crippen molar-refractivity contribution >= 4 is 27.4 Å². The Hall–Kier alpha value is -1.93. The zero-order valence-electron chi connectivity index (χ0n) is 18.4. The Morgan fingerprint density at radius 3 is 2.39 bits per heavy atom. The number of carbonyl (C=O) groups excluding carboxylic acids is 2. The number of nitrogens with one attached hydrogen (secondary N) is 2. The Morgan fingerprint density at radius 2 is 1.77 bits per heavy atom. The van der Waals surface area contributed by atoms with E-state index in [0.29, 0.717) is 25.2 Å². The first-order chi connectivity index (χ1) is 14.5. The van der Waals surface area contributed by atoms with E-state index >= 15 is 0 Å². The van der Waals surface area contributed by atoms with Crippen molar-refractivity contribution in [1.82, 2.24) is 9.62 Å². The number of piperidine rings is 1. The molecule has 4 aliphatic rings. The van der Waals surface area contributed by atoms with E-state index in [0.717, 1.165) is 25.7 Å². The topological polar surface area (TPSA) is 95.6 Å². The molecule has 3 fully saturated rings. The molecule has 3 atom stereocenters. The second-order valence-corrected chi connectivity index (χ2v) is 12.2. The SMILES string of the molecule is CC12CCC(C(=O)N3CCC(C4Nc5ccccc5S(=O)(=O)N4)CC3)(CC1=O)C2(C)C. The Bertz CT molecular complexity index is 1060. The first-order valence-electron chi connectivity index (χ1n) is 11.2. The van der Waals surface area contributed by atoms with Crippen LogP contribution in [0.15, 0.2) is 29.2 Å². The van der Waals surface area contributed by atoms with E-state index in [2.05, 4.69) is 23.9 Å². The molecule has 2 bridgehead atoms. The highest BCUT2D eigenvalue weighted by Crippen LogP contribution is 2.71. The molecule has 5 rings (SSSR count). The average Bonchev–Trinajstić information content (AvgIpc) is 3.03. The highest BCUT2D eigenvalue weighted by Gasteiger charge is 2.73. The number of rotatable bonds is 2. The minimum absolute atomic E-state index is 0.0942. The van der Waals surface area contributed by atoms with Gasteiger partial charge in [-0.2, -0.15) is 4.72 Å². The number of para-hydroxylation sites is 1. The minimum Gasteiger partial charge on any atom is -0.368 e. The third-order valence-electron chi connectivity index (χ3n) is 9.18. The van der Waals surface area contributed by atoms with Gasteiger partial charge in [-0.15, -0.1) is 0 Å². The van der Waals surface area contributed by atoms with E-state index in [4.69, 9.17) is 0 Å². The maximum atomic E-state index is 13.7. The number of amides is 1. The van der Waals surface area contributed by atoms with Gasteiger partial charge in [0, 0.05) is 24.9 Å². The van der Waals surface area contributed by atoms with E-state index in [1.807, 2.05) is 17.9 Å². The van der Waals surface area contributed by atoms with Gasteiger partial charge in [-0.3, -0.25) is 9.59 Å². The number of benzene rings is 1. The highest BCUT2D eigenvalue weighted by molar-refractivity contribution is 7.89. The lowest BCUT2D eigenvalue weighted by molar-refractivity contribution is -0.149. The summed E-state index contributed by atoms with van der Waals surface area (Å²) >= 11 is 0. The molecule has 2 saturated carbocycles. The molecule has 168 valence electrons. The lowest BCUT2D eigenvalue weighted by atomic mass is 9.64. The van der Waals surface area contributed by atoms with E-state index in [1.165, 1.54) is 0 Å². The van der Waals surface area contributed by atoms with Crippen molar-refractivity contribution in [1.29, 1.82) is 0 Å². The number of anilines is 1. The fourth-order valence-corrected chi connectivity index (χ4v) is 7.92. The fraction of sp³-hybridized carbons (Fsp3) is 0.652. The molecule has 2 aliphatic carbocycles. The summed E-state index contributed by atoms with van der Waals surface area (Å²) < 4.78 is 28.1. The van der Waals surface area contributed by atoms with Gasteiger partial charge >= 0.3 is 0 Å². The molecule has 7 nitrogen and oxygen atoms in total. The van der Waals surface area contributed by atoms with E-state index in [9.17, 15) is 18.0 Å². The predicted octanol–water partition coefficient (Wildman–Crippen LogP) is 2.74. The monoisotopic (exact) mass is 445 g/mol. The maximum Gasteiger partial charge on any atom is 0.244 e. The number of fused-ring (bicyclic) bond motifs is 3. The molecule has 2 aliphatic heterocycles. The number of ketones is 1. The van der Waals surface area contributed by atoms with E-state index in [-0.39, 0.29) is 34.1 Å². The quantitative estimate of drug-likeness (QED) is 0.730. The van der Waals surface area contributed by atoms with Gasteiger partial charge in [0.1, 0.15) is 10.7 Å². The molecule has 1 saturated heterocycles. The van der Waals surface area contributed by atoms with Crippen LogP contribution in [0.25, 0.3) is 0 Å². The highest BCUT2D eigenvalue weighted by atomic mass is 32.2. The largest absolute Gasteiger partial charge is 0.368 e. The molecule has 2 N–H and O–H groups in total. The van der Waals surface area contributed by atoms with Crippen LogP contribution >= 0.6 is 0 Å². The Kier molecular flexibility index (Phi) is 4.42. The number of sulfonamides is 1. The molecular weight excluding hydrogens is 414 g/mol. The van der Waals surface area contributed by atoms with Gasteiger partial charge in [0.25, 0.3) is 0 Å². The summed E-state index contributed by atoms with van der Waals surface area (Å²) in [5.74, 6) is 0.441. The van der Waals surface area contributed by atoms with Gasteiger partial charge in [-0.25, -0.2) is 8.42 Å². The fourth-order valence-electron chi connectivity index (χ4n) is 6.53. The summed E-state index contributed by atoms with van der Waals surface area (Å²) in [6, 6.07) is 6.92. The third kappa shape index (κ3) is 2.70. The van der Waals surface area contributed by atoms with Crippen molar-refractivity contribution in [3.63, 3.8) is 0 Å². The van der Waals surface area contributed by atoms with Gasteiger partial charge in [0.15, 0.2) is 0 Å². The first kappa shape index (κ1) is 20.9. The van der Waals surface area contributed by atoms with Crippen LogP contribution in [0.2, 0.25) is 0 Å². The molecule has 0 spiro atoms. The first-order valence-corrected chi connectivity index (χ1v) is 12.7. The summed E-state index contributed by atoms with van der Waals surface area (Å²) in [4.78, 5) is 28.6.